The van der Waals surface area contributed by atoms with Gasteiger partial charge in [-0.25, -0.2) is 14.8 Å². The Balaban J connectivity index is 1.46. The van der Waals surface area contributed by atoms with E-state index in [0.717, 1.165) is 11.3 Å². The van der Waals surface area contributed by atoms with Crippen LogP contribution < -0.4 is 15.8 Å². The molecular formula is C21H24N6O2. The minimum atomic E-state index is -0.177. The lowest BCUT2D eigenvalue weighted by Gasteiger charge is -2.35. The molecule has 0 saturated carbocycles. The second-order valence-electron chi connectivity index (χ2n) is 7.35. The van der Waals surface area contributed by atoms with Crippen molar-refractivity contribution in [2.45, 2.75) is 13.8 Å². The van der Waals surface area contributed by atoms with Crippen LogP contribution in [0.15, 0.2) is 41.3 Å². The summed E-state index contributed by atoms with van der Waals surface area (Å²) in [4.78, 5) is 37.8. The highest BCUT2D eigenvalue weighted by Gasteiger charge is 2.24. The van der Waals surface area contributed by atoms with Crippen molar-refractivity contribution in [1.82, 2.24) is 19.4 Å². The summed E-state index contributed by atoms with van der Waals surface area (Å²) in [5.74, 6) is 0.405. The SMILES string of the molecule is Cc1ccc(NC(=O)N2CCN(c3nc4cccnc4n(C)c3=O)CC2)cc1C. The van der Waals surface area contributed by atoms with Crippen LogP contribution in [0.5, 0.6) is 0 Å². The number of nitrogens with one attached hydrogen (secondary N) is 1. The Morgan fingerprint density at radius 1 is 1.07 bits per heavy atom. The highest BCUT2D eigenvalue weighted by Crippen LogP contribution is 2.17. The zero-order valence-corrected chi connectivity index (χ0v) is 16.8. The molecule has 0 unspecified atom stereocenters. The van der Waals surface area contributed by atoms with Crippen LogP contribution >= 0.6 is 0 Å². The Labute approximate surface area is 168 Å². The van der Waals surface area contributed by atoms with E-state index in [1.54, 1.807) is 24.2 Å². The summed E-state index contributed by atoms with van der Waals surface area (Å²) >= 11 is 0. The molecule has 1 fully saturated rings. The Hall–Kier alpha value is -3.42. The van der Waals surface area contributed by atoms with Crippen LogP contribution in [0.25, 0.3) is 11.2 Å². The molecule has 0 aliphatic carbocycles. The molecule has 1 aliphatic rings. The van der Waals surface area contributed by atoms with Crippen molar-refractivity contribution < 1.29 is 4.79 Å². The first kappa shape index (κ1) is 18.9. The zero-order chi connectivity index (χ0) is 20.5. The third-order valence-electron chi connectivity index (χ3n) is 5.43. The normalized spacial score (nSPS) is 14.3. The predicted octanol–water partition coefficient (Wildman–Crippen LogP) is 2.30. The van der Waals surface area contributed by atoms with E-state index >= 15 is 0 Å². The number of rotatable bonds is 2. The number of amides is 2. The number of anilines is 2. The Morgan fingerprint density at radius 3 is 2.55 bits per heavy atom. The Morgan fingerprint density at radius 2 is 1.83 bits per heavy atom. The van der Waals surface area contributed by atoms with Crippen LogP contribution in [0.3, 0.4) is 0 Å². The van der Waals surface area contributed by atoms with Gasteiger partial charge in [0, 0.05) is 45.1 Å². The average Bonchev–Trinajstić information content (AvgIpc) is 2.73. The van der Waals surface area contributed by atoms with Gasteiger partial charge >= 0.3 is 6.03 Å². The number of carbonyl (C=O) groups is 1. The monoisotopic (exact) mass is 392 g/mol. The topological polar surface area (TPSA) is 83.4 Å². The molecule has 4 rings (SSSR count). The van der Waals surface area contributed by atoms with E-state index in [9.17, 15) is 9.59 Å². The lowest BCUT2D eigenvalue weighted by atomic mass is 10.1. The van der Waals surface area contributed by atoms with Gasteiger partial charge in [-0.2, -0.15) is 0 Å². The number of hydrogen-bond donors (Lipinski definition) is 1. The first-order valence-electron chi connectivity index (χ1n) is 9.64. The van der Waals surface area contributed by atoms with Gasteiger partial charge in [-0.3, -0.25) is 9.36 Å². The van der Waals surface area contributed by atoms with Crippen molar-refractivity contribution in [3.8, 4) is 0 Å². The molecule has 8 heteroatoms. The highest BCUT2D eigenvalue weighted by molar-refractivity contribution is 5.89. The smallest absolute Gasteiger partial charge is 0.321 e. The van der Waals surface area contributed by atoms with Crippen molar-refractivity contribution in [1.29, 1.82) is 0 Å². The van der Waals surface area contributed by atoms with E-state index in [0.29, 0.717) is 43.2 Å². The molecule has 0 spiro atoms. The van der Waals surface area contributed by atoms with Crippen molar-refractivity contribution in [2.24, 2.45) is 7.05 Å². The summed E-state index contributed by atoms with van der Waals surface area (Å²) < 4.78 is 1.52. The van der Waals surface area contributed by atoms with Crippen molar-refractivity contribution in [3.63, 3.8) is 0 Å². The summed E-state index contributed by atoms with van der Waals surface area (Å²) in [6.45, 7) is 6.21. The molecular weight excluding hydrogens is 368 g/mol. The molecule has 2 aromatic heterocycles. The zero-order valence-electron chi connectivity index (χ0n) is 16.8. The highest BCUT2D eigenvalue weighted by atomic mass is 16.2. The molecule has 8 nitrogen and oxygen atoms in total. The molecule has 0 radical (unpaired) electrons. The van der Waals surface area contributed by atoms with Gasteiger partial charge in [0.2, 0.25) is 0 Å². The quantitative estimate of drug-likeness (QED) is 0.724. The second-order valence-corrected chi connectivity index (χ2v) is 7.35. The summed E-state index contributed by atoms with van der Waals surface area (Å²) in [6.07, 6.45) is 1.65. The van der Waals surface area contributed by atoms with Crippen molar-refractivity contribution in [2.75, 3.05) is 36.4 Å². The molecule has 1 saturated heterocycles. The number of carbonyl (C=O) groups excluding carboxylic acids is 1. The Bertz CT molecular complexity index is 1130. The van der Waals surface area contributed by atoms with Crippen LogP contribution in [0.2, 0.25) is 0 Å². The maximum absolute atomic E-state index is 12.7. The number of aromatic nitrogens is 3. The molecule has 3 aromatic rings. The molecule has 150 valence electrons. The molecule has 0 bridgehead atoms. The second kappa shape index (κ2) is 7.54. The van der Waals surface area contributed by atoms with Gasteiger partial charge in [0.15, 0.2) is 11.5 Å². The van der Waals surface area contributed by atoms with Crippen LogP contribution in [-0.4, -0.2) is 51.6 Å². The summed E-state index contributed by atoms with van der Waals surface area (Å²) in [6, 6.07) is 9.40. The van der Waals surface area contributed by atoms with Crippen molar-refractivity contribution >= 4 is 28.7 Å². The van der Waals surface area contributed by atoms with Crippen LogP contribution in [0, 0.1) is 13.8 Å². The third kappa shape index (κ3) is 3.65. The number of fused-ring (bicyclic) bond motifs is 1. The van der Waals surface area contributed by atoms with Crippen LogP contribution in [0.1, 0.15) is 11.1 Å². The number of benzene rings is 1. The van der Waals surface area contributed by atoms with Crippen LogP contribution in [-0.2, 0) is 7.05 Å². The maximum Gasteiger partial charge on any atom is 0.321 e. The molecule has 1 aromatic carbocycles. The molecule has 0 atom stereocenters. The van der Waals surface area contributed by atoms with Gasteiger partial charge in [0.25, 0.3) is 5.56 Å². The minimum Gasteiger partial charge on any atom is -0.348 e. The fraction of sp³-hybridized carbons (Fsp3) is 0.333. The number of hydrogen-bond acceptors (Lipinski definition) is 5. The Kier molecular flexibility index (Phi) is 4.92. The van der Waals surface area contributed by atoms with E-state index in [1.165, 1.54) is 10.1 Å². The third-order valence-corrected chi connectivity index (χ3v) is 5.43. The predicted molar refractivity (Wildman–Crippen MR) is 113 cm³/mol. The average molecular weight is 392 g/mol. The molecule has 3 heterocycles. The molecule has 1 N–H and O–H groups in total. The minimum absolute atomic E-state index is 0.128. The van der Waals surface area contributed by atoms with E-state index in [-0.39, 0.29) is 11.6 Å². The lowest BCUT2D eigenvalue weighted by Crippen LogP contribution is -2.51. The van der Waals surface area contributed by atoms with Gasteiger partial charge in [-0.05, 0) is 49.2 Å². The number of pyridine rings is 1. The number of urea groups is 1. The van der Waals surface area contributed by atoms with Gasteiger partial charge in [-0.15, -0.1) is 0 Å². The summed E-state index contributed by atoms with van der Waals surface area (Å²) in [5.41, 5.74) is 4.19. The first-order chi connectivity index (χ1) is 13.9. The van der Waals surface area contributed by atoms with E-state index in [1.807, 2.05) is 43.0 Å². The fourth-order valence-electron chi connectivity index (χ4n) is 3.49. The maximum atomic E-state index is 12.7. The molecule has 1 aliphatic heterocycles. The first-order valence-corrected chi connectivity index (χ1v) is 9.64. The van der Waals surface area contributed by atoms with E-state index < -0.39 is 0 Å². The van der Waals surface area contributed by atoms with Gasteiger partial charge in [-0.1, -0.05) is 6.07 Å². The van der Waals surface area contributed by atoms with Gasteiger partial charge < -0.3 is 15.1 Å². The number of aryl methyl sites for hydroxylation is 3. The molecule has 2 amide bonds. The van der Waals surface area contributed by atoms with E-state index in [2.05, 4.69) is 15.3 Å². The number of nitrogens with zero attached hydrogens (tertiary/aromatic N) is 5. The molecule has 29 heavy (non-hydrogen) atoms. The lowest BCUT2D eigenvalue weighted by molar-refractivity contribution is 0.208. The fourth-order valence-corrected chi connectivity index (χ4v) is 3.49. The summed E-state index contributed by atoms with van der Waals surface area (Å²) in [7, 11) is 1.70. The van der Waals surface area contributed by atoms with Gasteiger partial charge in [0.1, 0.15) is 5.52 Å². The largest absolute Gasteiger partial charge is 0.348 e. The van der Waals surface area contributed by atoms with Gasteiger partial charge in [0.05, 0.1) is 0 Å². The van der Waals surface area contributed by atoms with E-state index in [4.69, 9.17) is 0 Å². The van der Waals surface area contributed by atoms with Crippen molar-refractivity contribution in [3.05, 3.63) is 58.0 Å². The number of piperazine rings is 1. The van der Waals surface area contributed by atoms with Crippen LogP contribution in [0.4, 0.5) is 16.3 Å². The standard InChI is InChI=1S/C21H24N6O2/c1-14-6-7-16(13-15(14)2)23-21(29)27-11-9-26(10-12-27)19-20(28)25(3)18-17(24-19)5-4-8-22-18/h4-8,13H,9-12H2,1-3H3,(H,23,29). The summed E-state index contributed by atoms with van der Waals surface area (Å²) in [5, 5.41) is 2.96.